The van der Waals surface area contributed by atoms with Gasteiger partial charge in [0, 0.05) is 28.5 Å². The molecular weight excluding hydrogens is 274 g/mol. The van der Waals surface area contributed by atoms with Crippen LogP contribution in [0.1, 0.15) is 41.5 Å². The molecule has 2 N–H and O–H groups in total. The van der Waals surface area contributed by atoms with Crippen LogP contribution >= 0.6 is 11.8 Å². The van der Waals surface area contributed by atoms with E-state index in [0.29, 0.717) is 17.0 Å². The molecule has 20 heavy (non-hydrogen) atoms. The Morgan fingerprint density at radius 2 is 2.20 bits per heavy atom. The first-order valence-corrected chi connectivity index (χ1v) is 7.52. The van der Waals surface area contributed by atoms with Crippen molar-refractivity contribution in [1.82, 2.24) is 15.0 Å². The molecule has 6 heteroatoms. The first-order chi connectivity index (χ1) is 9.63. The number of rotatable bonds is 6. The average Bonchev–Trinajstić information content (AvgIpc) is 2.78. The van der Waals surface area contributed by atoms with E-state index >= 15 is 0 Å². The number of nitrogens with zero attached hydrogens (tertiary/aromatic N) is 1. The van der Waals surface area contributed by atoms with Gasteiger partial charge in [-0.25, -0.2) is 4.79 Å². The lowest BCUT2D eigenvalue weighted by Crippen LogP contribution is -2.08. The van der Waals surface area contributed by atoms with Crippen molar-refractivity contribution >= 4 is 17.5 Å². The number of aromatic nitrogens is 3. The predicted molar refractivity (Wildman–Crippen MR) is 79.5 cm³/mol. The van der Waals surface area contributed by atoms with E-state index in [0.717, 1.165) is 23.5 Å². The smallest absolute Gasteiger partial charge is 0.310 e. The highest BCUT2D eigenvalue weighted by Gasteiger charge is 2.18. The molecular formula is C14H17N3O2S. The lowest BCUT2D eigenvalue weighted by molar-refractivity contribution is 0.103. The Morgan fingerprint density at radius 1 is 1.40 bits per heavy atom. The van der Waals surface area contributed by atoms with Crippen LogP contribution in [0.4, 0.5) is 0 Å². The van der Waals surface area contributed by atoms with E-state index < -0.39 is 0 Å². The lowest BCUT2D eigenvalue weighted by Gasteiger charge is -2.07. The molecule has 0 saturated carbocycles. The first kappa shape index (κ1) is 14.6. The molecule has 0 atom stereocenters. The number of carbonyl (C=O) groups is 1. The van der Waals surface area contributed by atoms with Crippen LogP contribution in [0.15, 0.2) is 28.2 Å². The summed E-state index contributed by atoms with van der Waals surface area (Å²) in [5.74, 6) is 0.771. The number of pyridine rings is 1. The van der Waals surface area contributed by atoms with Crippen LogP contribution in [0.2, 0.25) is 0 Å². The minimum atomic E-state index is -0.361. The Morgan fingerprint density at radius 3 is 2.85 bits per heavy atom. The summed E-state index contributed by atoms with van der Waals surface area (Å²) in [6.45, 7) is 3.83. The van der Waals surface area contributed by atoms with Crippen LogP contribution in [0, 0.1) is 6.92 Å². The third-order valence-corrected chi connectivity index (χ3v) is 4.06. The van der Waals surface area contributed by atoms with Gasteiger partial charge in [-0.15, -0.1) is 11.8 Å². The second-order valence-corrected chi connectivity index (χ2v) is 5.62. The number of hydrogen-bond donors (Lipinski definition) is 2. The van der Waals surface area contributed by atoms with Gasteiger partial charge in [-0.3, -0.25) is 9.78 Å². The van der Waals surface area contributed by atoms with Crippen LogP contribution in [0.5, 0.6) is 0 Å². The molecule has 2 aromatic heterocycles. The molecule has 2 rings (SSSR count). The maximum atomic E-state index is 12.5. The third-order valence-electron chi connectivity index (χ3n) is 2.93. The second kappa shape index (κ2) is 6.56. The molecule has 0 fully saturated rings. The summed E-state index contributed by atoms with van der Waals surface area (Å²) in [7, 11) is 0. The van der Waals surface area contributed by atoms with Crippen molar-refractivity contribution in [2.24, 2.45) is 0 Å². The van der Waals surface area contributed by atoms with Crippen molar-refractivity contribution in [3.8, 4) is 0 Å². The summed E-state index contributed by atoms with van der Waals surface area (Å²) in [4.78, 5) is 33.8. The van der Waals surface area contributed by atoms with Crippen LogP contribution < -0.4 is 5.69 Å². The molecule has 0 aliphatic rings. The molecule has 0 aliphatic heterocycles. The number of ketones is 1. The van der Waals surface area contributed by atoms with Crippen molar-refractivity contribution in [2.75, 3.05) is 5.75 Å². The molecule has 0 aromatic carbocycles. The Labute approximate surface area is 121 Å². The highest BCUT2D eigenvalue weighted by Crippen LogP contribution is 2.24. The summed E-state index contributed by atoms with van der Waals surface area (Å²) in [5.41, 5.74) is 1.10. The van der Waals surface area contributed by atoms with Crippen molar-refractivity contribution < 1.29 is 4.79 Å². The van der Waals surface area contributed by atoms with Crippen LogP contribution in [0.3, 0.4) is 0 Å². The van der Waals surface area contributed by atoms with Gasteiger partial charge in [-0.05, 0) is 25.2 Å². The zero-order valence-corrected chi connectivity index (χ0v) is 12.3. The number of aryl methyl sites for hydroxylation is 1. The SMILES string of the molecule is CCCCSc1cnccc1C(=O)c1[nH]c(=O)[nH]c1C. The number of nitrogens with one attached hydrogen (secondary N) is 2. The number of aromatic amines is 2. The molecule has 2 aromatic rings. The quantitative estimate of drug-likeness (QED) is 0.487. The van der Waals surface area contributed by atoms with E-state index in [1.54, 1.807) is 37.1 Å². The van der Waals surface area contributed by atoms with Crippen molar-refractivity contribution in [1.29, 1.82) is 0 Å². The van der Waals surface area contributed by atoms with Gasteiger partial charge in [-0.2, -0.15) is 0 Å². The second-order valence-electron chi connectivity index (χ2n) is 4.48. The van der Waals surface area contributed by atoms with Crippen molar-refractivity contribution in [3.05, 3.63) is 45.9 Å². The van der Waals surface area contributed by atoms with Gasteiger partial charge in [0.2, 0.25) is 5.78 Å². The normalized spacial score (nSPS) is 10.7. The molecule has 2 heterocycles. The van der Waals surface area contributed by atoms with Crippen LogP contribution in [0.25, 0.3) is 0 Å². The number of thioether (sulfide) groups is 1. The Hall–Kier alpha value is -1.82. The fourth-order valence-corrected chi connectivity index (χ4v) is 2.95. The molecule has 0 spiro atoms. The van der Waals surface area contributed by atoms with Gasteiger partial charge in [-0.1, -0.05) is 13.3 Å². The van der Waals surface area contributed by atoms with Gasteiger partial charge < -0.3 is 9.97 Å². The summed E-state index contributed by atoms with van der Waals surface area (Å²) in [6, 6.07) is 1.70. The van der Waals surface area contributed by atoms with Crippen LogP contribution in [-0.4, -0.2) is 26.5 Å². The topological polar surface area (TPSA) is 78.6 Å². The van der Waals surface area contributed by atoms with Gasteiger partial charge in [0.15, 0.2) is 0 Å². The molecule has 0 unspecified atom stereocenters. The van der Waals surface area contributed by atoms with Gasteiger partial charge in [0.25, 0.3) is 0 Å². The zero-order chi connectivity index (χ0) is 14.5. The fourth-order valence-electron chi connectivity index (χ4n) is 1.84. The number of imidazole rings is 1. The van der Waals surface area contributed by atoms with Gasteiger partial charge >= 0.3 is 5.69 Å². The number of H-pyrrole nitrogens is 2. The van der Waals surface area contributed by atoms with E-state index in [2.05, 4.69) is 21.9 Å². The molecule has 5 nitrogen and oxygen atoms in total. The highest BCUT2D eigenvalue weighted by atomic mass is 32.2. The summed E-state index contributed by atoms with van der Waals surface area (Å²) >= 11 is 1.62. The first-order valence-electron chi connectivity index (χ1n) is 6.54. The van der Waals surface area contributed by atoms with E-state index in [9.17, 15) is 9.59 Å². The standard InChI is InChI=1S/C14H17N3O2S/c1-3-4-7-20-11-8-15-6-5-10(11)13(18)12-9(2)16-14(19)17-12/h5-6,8H,3-4,7H2,1-2H3,(H2,16,17,19). The zero-order valence-electron chi connectivity index (χ0n) is 11.5. The number of unbranched alkanes of at least 4 members (excludes halogenated alkanes) is 1. The lowest BCUT2D eigenvalue weighted by atomic mass is 10.1. The molecule has 0 amide bonds. The monoisotopic (exact) mass is 291 g/mol. The van der Waals surface area contributed by atoms with Crippen molar-refractivity contribution in [3.63, 3.8) is 0 Å². The Kier molecular flexibility index (Phi) is 4.79. The summed E-state index contributed by atoms with van der Waals surface area (Å²) in [5, 5.41) is 0. The Bertz CT molecular complexity index is 660. The molecule has 0 saturated heterocycles. The summed E-state index contributed by atoms with van der Waals surface area (Å²) in [6.07, 6.45) is 5.50. The number of carbonyl (C=O) groups excluding carboxylic acids is 1. The van der Waals surface area contributed by atoms with E-state index in [1.165, 1.54) is 0 Å². The average molecular weight is 291 g/mol. The van der Waals surface area contributed by atoms with Crippen LogP contribution in [-0.2, 0) is 0 Å². The number of hydrogen-bond acceptors (Lipinski definition) is 4. The van der Waals surface area contributed by atoms with Gasteiger partial charge in [0.05, 0.1) is 0 Å². The highest BCUT2D eigenvalue weighted by molar-refractivity contribution is 7.99. The molecule has 106 valence electrons. The molecule has 0 aliphatic carbocycles. The van der Waals surface area contributed by atoms with E-state index in [4.69, 9.17) is 0 Å². The van der Waals surface area contributed by atoms with E-state index in [-0.39, 0.29) is 11.5 Å². The fraction of sp³-hybridized carbons (Fsp3) is 0.357. The largest absolute Gasteiger partial charge is 0.323 e. The molecule has 0 bridgehead atoms. The predicted octanol–water partition coefficient (Wildman–Crippen LogP) is 2.53. The van der Waals surface area contributed by atoms with E-state index in [1.807, 2.05) is 0 Å². The minimum absolute atomic E-state index is 0.178. The van der Waals surface area contributed by atoms with Gasteiger partial charge in [0.1, 0.15) is 5.69 Å². The maximum absolute atomic E-state index is 12.5. The molecule has 0 radical (unpaired) electrons. The maximum Gasteiger partial charge on any atom is 0.323 e. The Balaban J connectivity index is 2.30. The minimum Gasteiger partial charge on any atom is -0.310 e. The summed E-state index contributed by atoms with van der Waals surface area (Å²) < 4.78 is 0. The van der Waals surface area contributed by atoms with Crippen molar-refractivity contribution in [2.45, 2.75) is 31.6 Å². The third kappa shape index (κ3) is 3.19.